The minimum atomic E-state index is -3.57. The summed E-state index contributed by atoms with van der Waals surface area (Å²) < 4.78 is 27.4. The number of carbonyl (C=O) groups excluding carboxylic acids is 1. The molecule has 4 rings (SSSR count). The molecule has 0 saturated carbocycles. The Morgan fingerprint density at radius 3 is 2.86 bits per heavy atom. The highest BCUT2D eigenvalue weighted by molar-refractivity contribution is 7.93. The fraction of sp³-hybridized carbons (Fsp3) is 0.609. The molecule has 2 amide bonds. The lowest BCUT2D eigenvalue weighted by Gasteiger charge is -2.20. The van der Waals surface area contributed by atoms with Crippen molar-refractivity contribution < 1.29 is 23.6 Å². The van der Waals surface area contributed by atoms with Gasteiger partial charge in [-0.25, -0.2) is 19.1 Å². The van der Waals surface area contributed by atoms with Gasteiger partial charge in [0.05, 0.1) is 37.4 Å². The Hall–Kier alpha value is -1.96. The smallest absolute Gasteiger partial charge is 0.354 e. The summed E-state index contributed by atoms with van der Waals surface area (Å²) in [6, 6.07) is -0.769. The second kappa shape index (κ2) is 9.83. The average molecular weight is 524 g/mol. The normalized spacial score (nSPS) is 19.5. The highest BCUT2D eigenvalue weighted by Gasteiger charge is 2.36. The number of nitrogens with two attached hydrogens (primary N) is 1. The van der Waals surface area contributed by atoms with Crippen molar-refractivity contribution in [3.8, 4) is 0 Å². The van der Waals surface area contributed by atoms with E-state index in [1.54, 1.807) is 7.11 Å². The van der Waals surface area contributed by atoms with E-state index in [4.69, 9.17) is 19.6 Å². The molecule has 2 aliphatic carbocycles. The number of anilines is 1. The Balaban J connectivity index is 1.56. The number of aryl methyl sites for hydroxylation is 1. The van der Waals surface area contributed by atoms with Crippen molar-refractivity contribution in [1.82, 2.24) is 9.97 Å². The van der Waals surface area contributed by atoms with Gasteiger partial charge in [0.25, 0.3) is 0 Å². The van der Waals surface area contributed by atoms with Gasteiger partial charge < -0.3 is 19.9 Å². The van der Waals surface area contributed by atoms with Crippen LogP contribution in [0, 0.1) is 0 Å². The number of hydrogen-bond donors (Lipinski definition) is 3. The summed E-state index contributed by atoms with van der Waals surface area (Å²) in [5.74, 6) is 0. The molecule has 35 heavy (non-hydrogen) atoms. The van der Waals surface area contributed by atoms with Gasteiger partial charge >= 0.3 is 6.03 Å². The van der Waals surface area contributed by atoms with Gasteiger partial charge in [-0.2, -0.15) is 0 Å². The van der Waals surface area contributed by atoms with Crippen LogP contribution in [0.2, 0.25) is 0 Å². The fourth-order valence-corrected chi connectivity index (χ4v) is 6.64. The molecule has 10 nitrogen and oxygen atoms in total. The van der Waals surface area contributed by atoms with E-state index in [9.17, 15) is 14.1 Å². The van der Waals surface area contributed by atoms with Gasteiger partial charge in [0, 0.05) is 18.2 Å². The number of fused-ring (bicyclic) bond motifs is 2. The van der Waals surface area contributed by atoms with Gasteiger partial charge in [-0.15, -0.1) is 15.7 Å². The number of urea groups is 1. The Labute approximate surface area is 210 Å². The lowest BCUT2D eigenvalue weighted by atomic mass is 9.90. The second-order valence-electron chi connectivity index (χ2n) is 9.87. The van der Waals surface area contributed by atoms with Gasteiger partial charge in [0.1, 0.15) is 14.8 Å². The predicted molar refractivity (Wildman–Crippen MR) is 134 cm³/mol. The monoisotopic (exact) mass is 523 g/mol. The van der Waals surface area contributed by atoms with E-state index in [1.165, 1.54) is 13.1 Å². The van der Waals surface area contributed by atoms with E-state index in [2.05, 4.69) is 28.5 Å². The van der Waals surface area contributed by atoms with Crippen LogP contribution >= 0.6 is 11.3 Å². The number of aromatic nitrogens is 2. The SMILES string of the molecule is COCCOC[C@@](C)(O)c1ncc(S(N)(=O)=NC(=O)Nc2c3c(nc4c2CCC4(C)C)CCC3)s1. The molecular formula is C23H33N5O5S2. The molecule has 0 aliphatic heterocycles. The van der Waals surface area contributed by atoms with Crippen molar-refractivity contribution in [2.24, 2.45) is 9.50 Å². The maximum atomic E-state index is 13.2. The molecule has 0 spiro atoms. The molecule has 0 aromatic carbocycles. The third-order valence-electron chi connectivity index (χ3n) is 6.46. The lowest BCUT2D eigenvalue weighted by Crippen LogP contribution is -2.28. The topological polar surface area (TPSA) is 149 Å². The summed E-state index contributed by atoms with van der Waals surface area (Å²) in [5, 5.41) is 19.8. The maximum absolute atomic E-state index is 13.2. The van der Waals surface area contributed by atoms with Crippen molar-refractivity contribution >= 4 is 33.0 Å². The van der Waals surface area contributed by atoms with Crippen LogP contribution < -0.4 is 10.5 Å². The molecule has 4 N–H and O–H groups in total. The summed E-state index contributed by atoms with van der Waals surface area (Å²) in [6.07, 6.45) is 5.75. The molecule has 2 aromatic rings. The zero-order valence-corrected chi connectivity index (χ0v) is 22.2. The van der Waals surface area contributed by atoms with Crippen molar-refractivity contribution in [3.63, 3.8) is 0 Å². The molecule has 2 heterocycles. The zero-order valence-electron chi connectivity index (χ0n) is 20.5. The first-order valence-corrected chi connectivity index (χ1v) is 14.0. The van der Waals surface area contributed by atoms with E-state index in [-0.39, 0.29) is 21.2 Å². The number of pyridine rings is 1. The fourth-order valence-electron chi connectivity index (χ4n) is 4.55. The molecule has 0 saturated heterocycles. The van der Waals surface area contributed by atoms with Crippen LogP contribution in [-0.2, 0) is 49.7 Å². The molecule has 0 bridgehead atoms. The number of thiazole rings is 1. The van der Waals surface area contributed by atoms with Crippen LogP contribution in [0.3, 0.4) is 0 Å². The molecule has 1 unspecified atom stereocenters. The van der Waals surface area contributed by atoms with E-state index >= 15 is 0 Å². The molecule has 0 fully saturated rings. The Bertz CT molecular complexity index is 1250. The first-order chi connectivity index (χ1) is 16.4. The zero-order chi connectivity index (χ0) is 25.4. The van der Waals surface area contributed by atoms with Crippen molar-refractivity contribution in [3.05, 3.63) is 33.7 Å². The third kappa shape index (κ3) is 5.42. The predicted octanol–water partition coefficient (Wildman–Crippen LogP) is 3.05. The van der Waals surface area contributed by atoms with Crippen molar-refractivity contribution in [2.75, 3.05) is 32.2 Å². The highest BCUT2D eigenvalue weighted by atomic mass is 32.2. The number of amides is 2. The second-order valence-corrected chi connectivity index (χ2v) is 12.9. The Morgan fingerprint density at radius 2 is 2.11 bits per heavy atom. The summed E-state index contributed by atoms with van der Waals surface area (Å²) in [4.78, 5) is 22.0. The molecular weight excluding hydrogens is 490 g/mol. The lowest BCUT2D eigenvalue weighted by molar-refractivity contribution is -0.0479. The number of methoxy groups -OCH3 is 1. The van der Waals surface area contributed by atoms with Gasteiger partial charge in [-0.05, 0) is 50.2 Å². The van der Waals surface area contributed by atoms with Crippen LogP contribution in [0.5, 0.6) is 0 Å². The number of ether oxygens (including phenoxy) is 2. The number of aliphatic hydroxyl groups is 1. The molecule has 12 heteroatoms. The minimum absolute atomic E-state index is 0.0265. The highest BCUT2D eigenvalue weighted by Crippen LogP contribution is 2.44. The summed E-state index contributed by atoms with van der Waals surface area (Å²) in [5.41, 5.74) is 3.38. The molecule has 2 aliphatic rings. The van der Waals surface area contributed by atoms with Crippen LogP contribution in [0.15, 0.2) is 14.8 Å². The van der Waals surface area contributed by atoms with Crippen molar-refractivity contribution in [2.45, 2.75) is 68.1 Å². The van der Waals surface area contributed by atoms with Gasteiger partial charge in [0.15, 0.2) is 9.92 Å². The van der Waals surface area contributed by atoms with Crippen LogP contribution in [-0.4, -0.2) is 52.2 Å². The Kier molecular flexibility index (Phi) is 7.33. The van der Waals surface area contributed by atoms with Crippen LogP contribution in [0.4, 0.5) is 10.5 Å². The number of carbonyl (C=O) groups is 1. The van der Waals surface area contributed by atoms with E-state index < -0.39 is 21.5 Å². The minimum Gasteiger partial charge on any atom is -0.382 e. The maximum Gasteiger partial charge on any atom is 0.354 e. The summed E-state index contributed by atoms with van der Waals surface area (Å²) in [7, 11) is -2.01. The molecule has 0 radical (unpaired) electrons. The number of nitrogens with one attached hydrogen (secondary N) is 1. The van der Waals surface area contributed by atoms with E-state index in [1.807, 2.05) is 0 Å². The Morgan fingerprint density at radius 1 is 1.34 bits per heavy atom. The van der Waals surface area contributed by atoms with Crippen LogP contribution in [0.25, 0.3) is 0 Å². The third-order valence-corrected chi connectivity index (χ3v) is 9.60. The largest absolute Gasteiger partial charge is 0.382 e. The summed E-state index contributed by atoms with van der Waals surface area (Å²) >= 11 is 0.942. The first-order valence-electron chi connectivity index (χ1n) is 11.6. The number of hydrogen-bond acceptors (Lipinski definition) is 8. The van der Waals surface area contributed by atoms with Crippen molar-refractivity contribution in [1.29, 1.82) is 0 Å². The quantitative estimate of drug-likeness (QED) is 0.450. The number of rotatable bonds is 8. The van der Waals surface area contributed by atoms with Gasteiger partial charge in [-0.1, -0.05) is 13.8 Å². The van der Waals surface area contributed by atoms with E-state index in [0.717, 1.165) is 71.6 Å². The number of nitrogens with zero attached hydrogens (tertiary/aromatic N) is 3. The van der Waals surface area contributed by atoms with Gasteiger partial charge in [-0.3, -0.25) is 4.98 Å². The average Bonchev–Trinajstić information content (AvgIpc) is 3.50. The standard InChI is InChI=1S/C23H33N5O5S2/c1-22(2)9-8-15-18(14-6-5-7-16(14)26-19(15)22)27-21(29)28-35(24,31)17-12-25-20(34-17)23(3,30)13-33-11-10-32-4/h12,30H,5-11,13H2,1-4H3,(H3,24,26,27,28,29,31)/t23-,35?/m1/s1. The summed E-state index contributed by atoms with van der Waals surface area (Å²) in [6.45, 7) is 6.54. The molecule has 2 aromatic heterocycles. The molecule has 192 valence electrons. The van der Waals surface area contributed by atoms with E-state index in [0.29, 0.717) is 13.2 Å². The van der Waals surface area contributed by atoms with Gasteiger partial charge in [0.2, 0.25) is 0 Å². The molecule has 2 atom stereocenters. The van der Waals surface area contributed by atoms with Crippen LogP contribution in [0.1, 0.15) is 61.1 Å². The first kappa shape index (κ1) is 26.1.